The zero-order valence-corrected chi connectivity index (χ0v) is 31.5. The number of nitrogens with one attached hydrogen (secondary N) is 2. The van der Waals surface area contributed by atoms with Crippen molar-refractivity contribution < 1.29 is 65.4 Å². The Morgan fingerprint density at radius 3 is 1.46 bits per heavy atom. The van der Waals surface area contributed by atoms with Crippen LogP contribution in [0.25, 0.3) is 22.2 Å². The number of hydrogen-bond acceptors (Lipinski definition) is 11. The fraction of sp³-hybridized carbons (Fsp3) is 0.562. The van der Waals surface area contributed by atoms with Gasteiger partial charge >= 0.3 is 19.8 Å². The maximum Gasteiger partial charge on any atom is 0.360 e. The summed E-state index contributed by atoms with van der Waals surface area (Å²) < 4.78 is 43.2. The van der Waals surface area contributed by atoms with Crippen molar-refractivity contribution in [2.24, 2.45) is 0 Å². The molecule has 0 saturated heterocycles. The fourth-order valence-corrected chi connectivity index (χ4v) is 5.13. The lowest BCUT2D eigenvalue weighted by Gasteiger charge is -2.39. The van der Waals surface area contributed by atoms with Gasteiger partial charge in [-0.3, -0.25) is 9.13 Å². The second-order valence-corrected chi connectivity index (χ2v) is 14.1. The van der Waals surface area contributed by atoms with Gasteiger partial charge in [0.05, 0.1) is 49.7 Å². The Balaban J connectivity index is 0.000000352. The highest BCUT2D eigenvalue weighted by atomic mass is 31.2. The van der Waals surface area contributed by atoms with Crippen molar-refractivity contribution in [2.45, 2.75) is 79.1 Å². The molecule has 2 atom stereocenters. The average Bonchev–Trinajstić information content (AvgIpc) is 3.87. The van der Waals surface area contributed by atoms with Crippen LogP contribution in [-0.2, 0) is 22.7 Å². The van der Waals surface area contributed by atoms with Gasteiger partial charge in [-0.05, 0) is 25.7 Å². The smallest absolute Gasteiger partial charge is 0.360 e. The number of H-pyrrole nitrogens is 2. The van der Waals surface area contributed by atoms with Crippen molar-refractivity contribution in [1.82, 2.24) is 9.97 Å². The Hall–Kier alpha value is -3.20. The molecule has 0 aliphatic carbocycles. The van der Waals surface area contributed by atoms with Crippen LogP contribution in [0.4, 0.5) is 0 Å². The van der Waals surface area contributed by atoms with Gasteiger partial charge < -0.3 is 56.6 Å². The number of fused-ring (bicyclic) bond motifs is 2. The largest absolute Gasteiger partial charge is 0.756 e. The summed E-state index contributed by atoms with van der Waals surface area (Å²) >= 11 is 0. The minimum atomic E-state index is -4.57. The number of quaternary nitrogens is 1. The second-order valence-electron chi connectivity index (χ2n) is 11.4. The van der Waals surface area contributed by atoms with E-state index < -0.39 is 27.6 Å². The van der Waals surface area contributed by atoms with E-state index in [2.05, 4.69) is 51.2 Å². The Labute approximate surface area is 292 Å². The monoisotopic (exact) mass is 748 g/mol. The molecule has 0 bridgehead atoms. The molecule has 4 aromatic heterocycles. The molecule has 4 aromatic rings. The quantitative estimate of drug-likeness (QED) is 0.0659. The Morgan fingerprint density at radius 1 is 0.760 bits per heavy atom. The van der Waals surface area contributed by atoms with E-state index in [-0.39, 0.29) is 11.4 Å². The van der Waals surface area contributed by atoms with E-state index in [9.17, 15) is 28.5 Å². The number of rotatable bonds is 17. The van der Waals surface area contributed by atoms with Gasteiger partial charge in [-0.2, -0.15) is 0 Å². The van der Waals surface area contributed by atoms with E-state index in [1.54, 1.807) is 12.1 Å². The Kier molecular flexibility index (Phi) is 20.2. The van der Waals surface area contributed by atoms with Crippen LogP contribution in [-0.4, -0.2) is 76.8 Å². The summed E-state index contributed by atoms with van der Waals surface area (Å²) in [5, 5.41) is 8.53. The topological polar surface area (TPSA) is 240 Å². The highest BCUT2D eigenvalue weighted by molar-refractivity contribution is 7.46. The summed E-state index contributed by atoms with van der Waals surface area (Å²) in [5.41, 5.74) is 2.42. The third kappa shape index (κ3) is 16.7. The minimum Gasteiger partial charge on any atom is -0.756 e. The molecule has 2 unspecified atom stereocenters. The molecule has 4 N–H and O–H groups in total. The molecular weight excluding hydrogens is 696 g/mol. The zero-order chi connectivity index (χ0) is 37.8. The summed E-state index contributed by atoms with van der Waals surface area (Å²) in [6, 6.07) is 6.08. The maximum atomic E-state index is 11.3. The third-order valence-corrected chi connectivity index (χ3v) is 8.82. The predicted molar refractivity (Wildman–Crippen MR) is 184 cm³/mol. The molecular formula is C32H52N3O13P2-. The summed E-state index contributed by atoms with van der Waals surface area (Å²) in [4.78, 5) is 54.9. The first-order valence-corrected chi connectivity index (χ1v) is 19.5. The fourth-order valence-electron chi connectivity index (χ4n) is 4.75. The lowest BCUT2D eigenvalue weighted by Crippen LogP contribution is -2.50. The van der Waals surface area contributed by atoms with E-state index in [1.165, 1.54) is 107 Å². The van der Waals surface area contributed by atoms with Crippen molar-refractivity contribution in [3.8, 4) is 0 Å². The lowest BCUT2D eigenvalue weighted by molar-refractivity contribution is -0.929. The summed E-state index contributed by atoms with van der Waals surface area (Å²) in [6.45, 7) is 15.0. The van der Waals surface area contributed by atoms with E-state index in [1.807, 2.05) is 0 Å². The van der Waals surface area contributed by atoms with Crippen LogP contribution in [0.3, 0.4) is 0 Å². The van der Waals surface area contributed by atoms with Gasteiger partial charge in [0.15, 0.2) is 11.2 Å². The van der Waals surface area contributed by atoms with Crippen LogP contribution in [0.5, 0.6) is 0 Å². The van der Waals surface area contributed by atoms with Crippen molar-refractivity contribution in [1.29, 1.82) is 0 Å². The Bertz CT molecular complexity index is 1540. The number of aromatic carboxylic acids is 1. The van der Waals surface area contributed by atoms with Gasteiger partial charge in [0.2, 0.25) is 0 Å². The molecule has 284 valence electrons. The van der Waals surface area contributed by atoms with Gasteiger partial charge in [0.25, 0.3) is 7.82 Å². The molecule has 50 heavy (non-hydrogen) atoms. The van der Waals surface area contributed by atoms with Crippen molar-refractivity contribution in [3.05, 3.63) is 48.2 Å². The summed E-state index contributed by atoms with van der Waals surface area (Å²) in [6.07, 6.45) is 14.0. The molecule has 0 aliphatic heterocycles. The van der Waals surface area contributed by atoms with Crippen molar-refractivity contribution >= 4 is 49.8 Å². The third-order valence-electron chi connectivity index (χ3n) is 7.52. The number of carboxylic acids is 1. The minimum absolute atomic E-state index is 0.0255. The first-order chi connectivity index (χ1) is 23.6. The van der Waals surface area contributed by atoms with E-state index in [0.717, 1.165) is 14.2 Å². The molecule has 18 heteroatoms. The zero-order valence-electron chi connectivity index (χ0n) is 29.7. The molecule has 0 spiro atoms. The molecule has 0 aromatic carbocycles. The average molecular weight is 749 g/mol. The van der Waals surface area contributed by atoms with Crippen molar-refractivity contribution in [3.63, 3.8) is 0 Å². The van der Waals surface area contributed by atoms with Crippen LogP contribution in [0.15, 0.2) is 45.6 Å². The van der Waals surface area contributed by atoms with Crippen molar-refractivity contribution in [2.75, 3.05) is 40.4 Å². The van der Waals surface area contributed by atoms with Gasteiger partial charge in [0.1, 0.15) is 11.4 Å². The number of furan rings is 2. The molecule has 4 rings (SSSR count). The normalized spacial score (nSPS) is 13.5. The highest BCUT2D eigenvalue weighted by Crippen LogP contribution is 2.38. The number of phosphoric ester groups is 2. The van der Waals surface area contributed by atoms with Gasteiger partial charge in [-0.15, -0.1) is 0 Å². The molecule has 0 radical (unpaired) electrons. The Morgan fingerprint density at radius 2 is 1.14 bits per heavy atom. The SMILES string of the molecule is CCCC[N+](CCCC)(CCCC)CCCC.COP(=O)([O-])O.COP(=O)([O-])OC(=O)c1cc2occc2[nH]1.O=C(O)c1cc2occc2[nH]1. The molecule has 4 heterocycles. The molecule has 16 nitrogen and oxygen atoms in total. The number of nitrogens with zero attached hydrogens (tertiary/aromatic N) is 1. The molecule has 0 fully saturated rings. The van der Waals surface area contributed by atoms with Crippen LogP contribution in [0, 0.1) is 0 Å². The lowest BCUT2D eigenvalue weighted by atomic mass is 10.1. The number of carboxylic acid groups (broad SMARTS) is 1. The maximum absolute atomic E-state index is 11.3. The van der Waals surface area contributed by atoms with Gasteiger partial charge in [0, 0.05) is 38.5 Å². The predicted octanol–water partition coefficient (Wildman–Crippen LogP) is 6.59. The van der Waals surface area contributed by atoms with Crippen LogP contribution in [0.1, 0.15) is 100 Å². The number of hydrogen-bond donors (Lipinski definition) is 4. The molecule has 0 amide bonds. The highest BCUT2D eigenvalue weighted by Gasteiger charge is 2.24. The first kappa shape index (κ1) is 44.8. The van der Waals surface area contributed by atoms with E-state index >= 15 is 0 Å². The molecule has 0 aliphatic rings. The van der Waals surface area contributed by atoms with Crippen LogP contribution in [0.2, 0.25) is 0 Å². The number of aromatic nitrogens is 2. The number of carbonyl (C=O) groups excluding carboxylic acids is 1. The number of carbonyl (C=O) groups is 2. The molecule has 0 saturated carbocycles. The number of phosphoric acid groups is 2. The summed E-state index contributed by atoms with van der Waals surface area (Å²) in [7, 11) is -7.18. The first-order valence-electron chi connectivity index (χ1n) is 16.5. The van der Waals surface area contributed by atoms with E-state index in [0.29, 0.717) is 22.2 Å². The second kappa shape index (κ2) is 22.6. The van der Waals surface area contributed by atoms with Crippen LogP contribution < -0.4 is 9.79 Å². The number of unbranched alkanes of at least 4 members (excludes halogenated alkanes) is 4. The number of aromatic amines is 2. The standard InChI is InChI=1S/C16H36N.C8H8NO6P.C7H5NO3.CH5O4P/c1-5-9-13-17(14-10-6-2,15-11-7-3)16-12-8-4;1-13-16(11,12)15-8(10)6-4-7-5(9-6)2-3-14-7;9-7(10)5-3-6-4(8-5)1-2-11-6;1-5-6(2,3)4/h5-16H2,1-4H3;2-4,9H,1H3,(H,11,12);1-3,8H,(H,9,10);1H3,(H2,2,3,4)/q+1;;;/p-2. The van der Waals surface area contributed by atoms with Gasteiger partial charge in [-0.25, -0.2) is 9.59 Å². The van der Waals surface area contributed by atoms with Crippen LogP contribution >= 0.6 is 15.6 Å². The summed E-state index contributed by atoms with van der Waals surface area (Å²) in [5.74, 6) is -2.03. The van der Waals surface area contributed by atoms with Gasteiger partial charge in [-0.1, -0.05) is 53.4 Å². The van der Waals surface area contributed by atoms with E-state index in [4.69, 9.17) is 18.8 Å².